The molecule has 12 nitrogen and oxygen atoms in total. The van der Waals surface area contributed by atoms with Crippen molar-refractivity contribution in [3.8, 4) is 33.6 Å². The van der Waals surface area contributed by atoms with Gasteiger partial charge in [-0.25, -0.2) is 14.8 Å². The number of H-pyrrole nitrogens is 2. The molecule has 4 aromatic rings. The standard InChI is InChI=1S/C40H52N8O4/c1-7-46(8-2)26(5)38(49)47-21-9-11-33(47)36-41-23-31(43-36)29-17-13-27(14-18-29)28-15-19-30(20-16-28)32-24-42-37(44-32)34-12-10-22-48(34)39(50)35(25(3)4)45(6)40(51)52/h13-20,23-26,33-35H,7-12,21-22H2,1-6H3,(H,41,43)(H,42,44)(H,51,52)/t26-,33+,34+,35+/m1/s1. The van der Waals surface area contributed by atoms with E-state index in [2.05, 4.69) is 82.2 Å². The van der Waals surface area contributed by atoms with E-state index in [0.29, 0.717) is 12.4 Å². The van der Waals surface area contributed by atoms with Crippen LogP contribution in [-0.4, -0.2) is 108 Å². The van der Waals surface area contributed by atoms with Crippen LogP contribution in [0.3, 0.4) is 0 Å². The van der Waals surface area contributed by atoms with Gasteiger partial charge in [-0.05, 0) is 73.9 Å². The summed E-state index contributed by atoms with van der Waals surface area (Å²) in [5.74, 6) is 1.38. The zero-order chi connectivity index (χ0) is 37.1. The van der Waals surface area contributed by atoms with Gasteiger partial charge in [-0.3, -0.25) is 19.4 Å². The highest BCUT2D eigenvalue weighted by molar-refractivity contribution is 5.86. The van der Waals surface area contributed by atoms with Gasteiger partial charge in [0, 0.05) is 20.1 Å². The van der Waals surface area contributed by atoms with E-state index >= 15 is 0 Å². The topological polar surface area (TPSA) is 142 Å². The van der Waals surface area contributed by atoms with Crippen molar-refractivity contribution in [1.82, 2.24) is 39.5 Å². The van der Waals surface area contributed by atoms with Crippen molar-refractivity contribution >= 4 is 17.9 Å². The molecule has 52 heavy (non-hydrogen) atoms. The second kappa shape index (κ2) is 15.7. The van der Waals surface area contributed by atoms with Gasteiger partial charge in [-0.1, -0.05) is 76.2 Å². The second-order valence-corrected chi connectivity index (χ2v) is 14.4. The Hall–Kier alpha value is -4.97. The molecule has 276 valence electrons. The minimum Gasteiger partial charge on any atom is -0.465 e. The van der Waals surface area contributed by atoms with Crippen molar-refractivity contribution in [2.45, 2.75) is 84.5 Å². The molecular formula is C40H52N8O4. The van der Waals surface area contributed by atoms with Gasteiger partial charge >= 0.3 is 6.09 Å². The maximum Gasteiger partial charge on any atom is 0.407 e. The number of carbonyl (C=O) groups excluding carboxylic acids is 2. The normalized spacial score (nSPS) is 18.7. The fourth-order valence-electron chi connectivity index (χ4n) is 7.97. The molecule has 0 bridgehead atoms. The van der Waals surface area contributed by atoms with Crippen molar-refractivity contribution in [3.63, 3.8) is 0 Å². The lowest BCUT2D eigenvalue weighted by Crippen LogP contribution is -2.51. The molecule has 3 amide bonds. The van der Waals surface area contributed by atoms with E-state index in [1.54, 1.807) is 11.1 Å². The van der Waals surface area contributed by atoms with Crippen molar-refractivity contribution < 1.29 is 19.5 Å². The van der Waals surface area contributed by atoms with Gasteiger partial charge < -0.3 is 24.9 Å². The fourth-order valence-corrected chi connectivity index (χ4v) is 7.97. The number of aromatic amines is 2. The summed E-state index contributed by atoms with van der Waals surface area (Å²) in [5.41, 5.74) is 5.97. The number of nitrogens with zero attached hydrogens (tertiary/aromatic N) is 6. The Balaban J connectivity index is 1.11. The average molecular weight is 709 g/mol. The molecular weight excluding hydrogens is 656 g/mol. The number of benzene rings is 2. The number of hydrogen-bond donors (Lipinski definition) is 3. The molecule has 3 N–H and O–H groups in total. The van der Waals surface area contributed by atoms with E-state index in [-0.39, 0.29) is 35.9 Å². The van der Waals surface area contributed by atoms with E-state index in [1.165, 1.54) is 7.05 Å². The third kappa shape index (κ3) is 7.34. The van der Waals surface area contributed by atoms with Gasteiger partial charge in [0.25, 0.3) is 0 Å². The van der Waals surface area contributed by atoms with Crippen LogP contribution in [0.2, 0.25) is 0 Å². The molecule has 2 aromatic carbocycles. The van der Waals surface area contributed by atoms with Gasteiger partial charge in [0.1, 0.15) is 17.7 Å². The molecule has 2 aliphatic heterocycles. The third-order valence-electron chi connectivity index (χ3n) is 10.9. The van der Waals surface area contributed by atoms with Crippen LogP contribution in [0.15, 0.2) is 60.9 Å². The number of carbonyl (C=O) groups is 3. The van der Waals surface area contributed by atoms with Gasteiger partial charge in [-0.2, -0.15) is 0 Å². The quantitative estimate of drug-likeness (QED) is 0.147. The summed E-state index contributed by atoms with van der Waals surface area (Å²) in [6.07, 6.45) is 6.03. The lowest BCUT2D eigenvalue weighted by molar-refractivity contribution is -0.139. The third-order valence-corrected chi connectivity index (χ3v) is 10.9. The average Bonchev–Trinajstić information content (AvgIpc) is 3.98. The molecule has 2 aliphatic rings. The first-order valence-corrected chi connectivity index (χ1v) is 18.6. The Labute approximate surface area is 306 Å². The van der Waals surface area contributed by atoms with E-state index in [0.717, 1.165) is 89.7 Å². The monoisotopic (exact) mass is 708 g/mol. The lowest BCUT2D eigenvalue weighted by atomic mass is 10.0. The summed E-state index contributed by atoms with van der Waals surface area (Å²) >= 11 is 0. The second-order valence-electron chi connectivity index (χ2n) is 14.4. The molecule has 0 unspecified atom stereocenters. The smallest absolute Gasteiger partial charge is 0.407 e. The largest absolute Gasteiger partial charge is 0.465 e. The number of nitrogens with one attached hydrogen (secondary N) is 2. The Kier molecular flexibility index (Phi) is 11.1. The molecule has 4 atom stereocenters. The number of likely N-dealkylation sites (N-methyl/N-ethyl adjacent to an activating group) is 2. The number of carboxylic acid groups (broad SMARTS) is 1. The highest BCUT2D eigenvalue weighted by atomic mass is 16.4. The molecule has 2 fully saturated rings. The summed E-state index contributed by atoms with van der Waals surface area (Å²) in [4.78, 5) is 62.1. The first-order chi connectivity index (χ1) is 25.0. The summed E-state index contributed by atoms with van der Waals surface area (Å²) in [7, 11) is 1.46. The van der Waals surface area contributed by atoms with Gasteiger partial charge in [0.15, 0.2) is 0 Å². The molecule has 12 heteroatoms. The van der Waals surface area contributed by atoms with Crippen LogP contribution in [0.25, 0.3) is 33.6 Å². The zero-order valence-corrected chi connectivity index (χ0v) is 31.2. The number of rotatable bonds is 12. The van der Waals surface area contributed by atoms with Crippen LogP contribution < -0.4 is 0 Å². The number of hydrogen-bond acceptors (Lipinski definition) is 6. The molecule has 0 spiro atoms. The highest BCUT2D eigenvalue weighted by Gasteiger charge is 2.40. The summed E-state index contributed by atoms with van der Waals surface area (Å²) in [5, 5.41) is 9.57. The van der Waals surface area contributed by atoms with E-state index in [9.17, 15) is 19.5 Å². The van der Waals surface area contributed by atoms with Gasteiger partial charge in [0.05, 0.1) is 41.9 Å². The number of imidazole rings is 2. The van der Waals surface area contributed by atoms with E-state index < -0.39 is 12.1 Å². The van der Waals surface area contributed by atoms with Crippen molar-refractivity contribution in [1.29, 1.82) is 0 Å². The SMILES string of the molecule is CCN(CC)[C@H](C)C(=O)N1CCC[C@H]1c1ncc(-c2ccc(-c3ccc(-c4cnc([C@@H]5CCCN5C(=O)[C@H](C(C)C)N(C)C(=O)O)[nH]4)cc3)cc2)[nH]1. The maximum atomic E-state index is 13.6. The van der Waals surface area contributed by atoms with Crippen LogP contribution in [0.1, 0.15) is 84.0 Å². The van der Waals surface area contributed by atoms with Gasteiger partial charge in [-0.15, -0.1) is 0 Å². The van der Waals surface area contributed by atoms with Crippen LogP contribution in [0, 0.1) is 5.92 Å². The minimum atomic E-state index is -1.11. The summed E-state index contributed by atoms with van der Waals surface area (Å²) < 4.78 is 0. The van der Waals surface area contributed by atoms with Crippen molar-refractivity contribution in [2.75, 3.05) is 33.2 Å². The van der Waals surface area contributed by atoms with Gasteiger partial charge in [0.2, 0.25) is 11.8 Å². The number of likely N-dealkylation sites (tertiary alicyclic amines) is 2. The van der Waals surface area contributed by atoms with E-state index in [4.69, 9.17) is 4.98 Å². The first kappa shape index (κ1) is 36.8. The van der Waals surface area contributed by atoms with Crippen LogP contribution in [0.4, 0.5) is 4.79 Å². The summed E-state index contributed by atoms with van der Waals surface area (Å²) in [6.45, 7) is 13.0. The van der Waals surface area contributed by atoms with Crippen LogP contribution in [-0.2, 0) is 9.59 Å². The van der Waals surface area contributed by atoms with E-state index in [1.807, 2.05) is 31.9 Å². The molecule has 0 aliphatic carbocycles. The first-order valence-electron chi connectivity index (χ1n) is 18.6. The number of amides is 3. The predicted octanol–water partition coefficient (Wildman–Crippen LogP) is 6.83. The minimum absolute atomic E-state index is 0.0364. The Morgan fingerprint density at radius 1 is 0.750 bits per heavy atom. The van der Waals surface area contributed by atoms with Crippen LogP contribution in [0.5, 0.6) is 0 Å². The molecule has 0 saturated carbocycles. The van der Waals surface area contributed by atoms with Crippen molar-refractivity contribution in [3.05, 3.63) is 72.6 Å². The predicted molar refractivity (Wildman–Crippen MR) is 201 cm³/mol. The zero-order valence-electron chi connectivity index (χ0n) is 31.2. The lowest BCUT2D eigenvalue weighted by Gasteiger charge is -2.33. The summed E-state index contributed by atoms with van der Waals surface area (Å²) in [6, 6.07) is 15.5. The van der Waals surface area contributed by atoms with Crippen molar-refractivity contribution in [2.24, 2.45) is 5.92 Å². The maximum absolute atomic E-state index is 13.6. The molecule has 2 saturated heterocycles. The Bertz CT molecular complexity index is 1850. The molecule has 4 heterocycles. The Morgan fingerprint density at radius 2 is 1.17 bits per heavy atom. The molecule has 0 radical (unpaired) electrons. The fraction of sp³-hybridized carbons (Fsp3) is 0.475. The highest BCUT2D eigenvalue weighted by Crippen LogP contribution is 2.35. The van der Waals surface area contributed by atoms with Crippen LogP contribution >= 0.6 is 0 Å². The Morgan fingerprint density at radius 3 is 1.58 bits per heavy atom. The number of aromatic nitrogens is 4. The molecule has 2 aromatic heterocycles. The molecule has 6 rings (SSSR count).